The second-order valence-corrected chi connectivity index (χ2v) is 5.64. The van der Waals surface area contributed by atoms with Gasteiger partial charge >= 0.3 is 0 Å². The summed E-state index contributed by atoms with van der Waals surface area (Å²) in [5.74, 6) is 2.58. The van der Waals surface area contributed by atoms with Crippen molar-refractivity contribution >= 4 is 17.7 Å². The van der Waals surface area contributed by atoms with Crippen LogP contribution in [0.4, 0.5) is 0 Å². The van der Waals surface area contributed by atoms with Crippen molar-refractivity contribution in [3.63, 3.8) is 0 Å². The van der Waals surface area contributed by atoms with E-state index in [2.05, 4.69) is 10.6 Å². The van der Waals surface area contributed by atoms with E-state index >= 15 is 0 Å². The lowest BCUT2D eigenvalue weighted by atomic mass is 10.2. The van der Waals surface area contributed by atoms with E-state index in [1.165, 1.54) is 37.9 Å². The van der Waals surface area contributed by atoms with E-state index in [1.54, 1.807) is 0 Å². The lowest BCUT2D eigenvalue weighted by Crippen LogP contribution is -2.42. The molecule has 0 aromatic carbocycles. The SMILES string of the molecule is O=C(CNC1CCSC1)NC1CCCC1. The summed E-state index contributed by atoms with van der Waals surface area (Å²) in [5, 5.41) is 6.42. The van der Waals surface area contributed by atoms with Crippen molar-refractivity contribution in [1.29, 1.82) is 0 Å². The van der Waals surface area contributed by atoms with E-state index < -0.39 is 0 Å². The Balaban J connectivity index is 1.59. The van der Waals surface area contributed by atoms with E-state index in [9.17, 15) is 4.79 Å². The number of carbonyl (C=O) groups excluding carboxylic acids is 1. The van der Waals surface area contributed by atoms with E-state index in [0.717, 1.165) is 5.75 Å². The maximum absolute atomic E-state index is 11.6. The number of nitrogens with one attached hydrogen (secondary N) is 2. The maximum atomic E-state index is 11.6. The predicted molar refractivity (Wildman–Crippen MR) is 64.1 cm³/mol. The van der Waals surface area contributed by atoms with Crippen LogP contribution in [0, 0.1) is 0 Å². The van der Waals surface area contributed by atoms with Gasteiger partial charge in [-0.3, -0.25) is 4.79 Å². The predicted octanol–water partition coefficient (Wildman–Crippen LogP) is 1.14. The van der Waals surface area contributed by atoms with Crippen molar-refractivity contribution in [3.05, 3.63) is 0 Å². The molecule has 1 aliphatic heterocycles. The Bertz CT molecular complexity index is 211. The molecule has 2 rings (SSSR count). The number of rotatable bonds is 4. The fourth-order valence-corrected chi connectivity index (χ4v) is 3.47. The first-order chi connectivity index (χ1) is 7.34. The van der Waals surface area contributed by atoms with Gasteiger partial charge in [0.2, 0.25) is 5.91 Å². The molecule has 0 aromatic rings. The summed E-state index contributed by atoms with van der Waals surface area (Å²) in [4.78, 5) is 11.6. The van der Waals surface area contributed by atoms with Crippen LogP contribution < -0.4 is 10.6 Å². The minimum absolute atomic E-state index is 0.179. The van der Waals surface area contributed by atoms with Gasteiger partial charge in [0.25, 0.3) is 0 Å². The third-order valence-corrected chi connectivity index (χ3v) is 4.36. The van der Waals surface area contributed by atoms with Crippen LogP contribution in [-0.4, -0.2) is 36.0 Å². The summed E-state index contributed by atoms with van der Waals surface area (Å²) < 4.78 is 0. The van der Waals surface area contributed by atoms with Crippen LogP contribution in [0.1, 0.15) is 32.1 Å². The van der Waals surface area contributed by atoms with Crippen molar-refractivity contribution in [2.75, 3.05) is 18.1 Å². The quantitative estimate of drug-likeness (QED) is 0.758. The minimum Gasteiger partial charge on any atom is -0.352 e. The summed E-state index contributed by atoms with van der Waals surface area (Å²) in [7, 11) is 0. The highest BCUT2D eigenvalue weighted by atomic mass is 32.2. The average Bonchev–Trinajstić information content (AvgIpc) is 2.86. The van der Waals surface area contributed by atoms with E-state index in [1.807, 2.05) is 11.8 Å². The van der Waals surface area contributed by atoms with Crippen molar-refractivity contribution in [2.45, 2.75) is 44.2 Å². The molecule has 0 bridgehead atoms. The first-order valence-electron chi connectivity index (χ1n) is 5.95. The van der Waals surface area contributed by atoms with Gasteiger partial charge < -0.3 is 10.6 Å². The molecule has 1 atom stereocenters. The molecule has 1 aliphatic carbocycles. The number of carbonyl (C=O) groups is 1. The summed E-state index contributed by atoms with van der Waals surface area (Å²) in [6.45, 7) is 0.502. The highest BCUT2D eigenvalue weighted by Gasteiger charge is 2.19. The second-order valence-electron chi connectivity index (χ2n) is 4.49. The van der Waals surface area contributed by atoms with Gasteiger partial charge in [0, 0.05) is 17.8 Å². The Morgan fingerprint density at radius 2 is 2.00 bits per heavy atom. The van der Waals surface area contributed by atoms with E-state index in [-0.39, 0.29) is 5.91 Å². The molecule has 0 spiro atoms. The minimum atomic E-state index is 0.179. The van der Waals surface area contributed by atoms with Crippen LogP contribution in [0.3, 0.4) is 0 Å². The molecule has 1 saturated carbocycles. The molecule has 1 heterocycles. The number of amides is 1. The molecule has 1 amide bonds. The molecule has 3 nitrogen and oxygen atoms in total. The number of hydrogen-bond acceptors (Lipinski definition) is 3. The summed E-state index contributed by atoms with van der Waals surface area (Å²) in [6.07, 6.45) is 6.10. The van der Waals surface area contributed by atoms with E-state index in [0.29, 0.717) is 18.6 Å². The summed E-state index contributed by atoms with van der Waals surface area (Å²) in [6, 6.07) is 1.02. The smallest absolute Gasteiger partial charge is 0.234 e. The molecular weight excluding hydrogens is 208 g/mol. The third-order valence-electron chi connectivity index (χ3n) is 3.20. The maximum Gasteiger partial charge on any atom is 0.234 e. The Morgan fingerprint density at radius 1 is 1.20 bits per heavy atom. The molecule has 0 radical (unpaired) electrons. The van der Waals surface area contributed by atoms with Gasteiger partial charge in [-0.05, 0) is 25.0 Å². The molecule has 2 aliphatic rings. The standard InChI is InChI=1S/C11H20N2OS/c14-11(13-9-3-1-2-4-9)7-12-10-5-6-15-8-10/h9-10,12H,1-8H2,(H,13,14). The first kappa shape index (κ1) is 11.3. The molecule has 1 saturated heterocycles. The van der Waals surface area contributed by atoms with Gasteiger partial charge in [-0.25, -0.2) is 0 Å². The van der Waals surface area contributed by atoms with Gasteiger partial charge in [0.15, 0.2) is 0 Å². The zero-order valence-electron chi connectivity index (χ0n) is 9.13. The normalized spacial score (nSPS) is 27.1. The first-order valence-corrected chi connectivity index (χ1v) is 7.10. The molecule has 2 fully saturated rings. The Labute approximate surface area is 95.8 Å². The number of thioether (sulfide) groups is 1. The number of hydrogen-bond donors (Lipinski definition) is 2. The third kappa shape index (κ3) is 3.68. The fourth-order valence-electron chi connectivity index (χ4n) is 2.28. The van der Waals surface area contributed by atoms with Gasteiger partial charge in [0.1, 0.15) is 0 Å². The molecule has 2 N–H and O–H groups in total. The summed E-state index contributed by atoms with van der Waals surface area (Å²) in [5.41, 5.74) is 0. The summed E-state index contributed by atoms with van der Waals surface area (Å²) >= 11 is 1.97. The Kier molecular flexibility index (Phi) is 4.32. The van der Waals surface area contributed by atoms with Gasteiger partial charge in [-0.2, -0.15) is 11.8 Å². The van der Waals surface area contributed by atoms with Gasteiger partial charge in [0.05, 0.1) is 6.54 Å². The molecule has 86 valence electrons. The zero-order valence-corrected chi connectivity index (χ0v) is 9.94. The second kappa shape index (κ2) is 5.75. The van der Waals surface area contributed by atoms with Crippen LogP contribution in [0.5, 0.6) is 0 Å². The van der Waals surface area contributed by atoms with Crippen LogP contribution in [0.25, 0.3) is 0 Å². The largest absolute Gasteiger partial charge is 0.352 e. The molecule has 1 unspecified atom stereocenters. The topological polar surface area (TPSA) is 41.1 Å². The van der Waals surface area contributed by atoms with Crippen LogP contribution in [0.15, 0.2) is 0 Å². The molecule has 4 heteroatoms. The van der Waals surface area contributed by atoms with Crippen molar-refractivity contribution < 1.29 is 4.79 Å². The zero-order chi connectivity index (χ0) is 10.5. The monoisotopic (exact) mass is 228 g/mol. The Hall–Kier alpha value is -0.220. The van der Waals surface area contributed by atoms with Gasteiger partial charge in [-0.1, -0.05) is 12.8 Å². The lowest BCUT2D eigenvalue weighted by Gasteiger charge is -2.14. The van der Waals surface area contributed by atoms with E-state index in [4.69, 9.17) is 0 Å². The molecule has 15 heavy (non-hydrogen) atoms. The molecular formula is C11H20N2OS. The Morgan fingerprint density at radius 3 is 2.67 bits per heavy atom. The molecule has 0 aromatic heterocycles. The van der Waals surface area contributed by atoms with Crippen LogP contribution in [0.2, 0.25) is 0 Å². The highest BCUT2D eigenvalue weighted by Crippen LogP contribution is 2.18. The fraction of sp³-hybridized carbons (Fsp3) is 0.909. The van der Waals surface area contributed by atoms with Crippen molar-refractivity contribution in [2.24, 2.45) is 0 Å². The highest BCUT2D eigenvalue weighted by molar-refractivity contribution is 7.99. The lowest BCUT2D eigenvalue weighted by molar-refractivity contribution is -0.121. The van der Waals surface area contributed by atoms with Crippen molar-refractivity contribution in [3.8, 4) is 0 Å². The van der Waals surface area contributed by atoms with Gasteiger partial charge in [-0.15, -0.1) is 0 Å². The van der Waals surface area contributed by atoms with Crippen LogP contribution in [-0.2, 0) is 4.79 Å². The van der Waals surface area contributed by atoms with Crippen LogP contribution >= 0.6 is 11.8 Å². The van der Waals surface area contributed by atoms with Crippen molar-refractivity contribution in [1.82, 2.24) is 10.6 Å². The average molecular weight is 228 g/mol.